The van der Waals surface area contributed by atoms with E-state index in [9.17, 15) is 4.79 Å². The molecule has 1 amide bonds. The molecule has 2 aliphatic heterocycles. The topological polar surface area (TPSA) is 38.8 Å². The molecule has 0 saturated carbocycles. The van der Waals surface area contributed by atoms with Gasteiger partial charge in [0.1, 0.15) is 0 Å². The van der Waals surface area contributed by atoms with Crippen LogP contribution in [0.4, 0.5) is 0 Å². The average molecular weight is 316 g/mol. The Morgan fingerprint density at radius 1 is 1.30 bits per heavy atom. The molecular formula is C14H15Cl2NO3. The lowest BCUT2D eigenvalue weighted by atomic mass is 9.99. The van der Waals surface area contributed by atoms with E-state index >= 15 is 0 Å². The summed E-state index contributed by atoms with van der Waals surface area (Å²) < 4.78 is 10.7. The minimum Gasteiger partial charge on any atom is -0.376 e. The first kappa shape index (κ1) is 14.1. The molecule has 0 spiro atoms. The minimum atomic E-state index is -0.489. The summed E-state index contributed by atoms with van der Waals surface area (Å²) in [4.78, 5) is 14.2. The molecule has 20 heavy (non-hydrogen) atoms. The summed E-state index contributed by atoms with van der Waals surface area (Å²) in [6.45, 7) is 2.51. The molecule has 3 rings (SSSR count). The molecule has 1 unspecified atom stereocenters. The van der Waals surface area contributed by atoms with Gasteiger partial charge in [-0.2, -0.15) is 0 Å². The van der Waals surface area contributed by atoms with Gasteiger partial charge in [-0.3, -0.25) is 4.79 Å². The summed E-state index contributed by atoms with van der Waals surface area (Å²) in [5, 5.41) is 1.25. The minimum absolute atomic E-state index is 0.0265. The Balaban J connectivity index is 1.76. The van der Waals surface area contributed by atoms with Crippen molar-refractivity contribution in [1.29, 1.82) is 0 Å². The third-order valence-electron chi connectivity index (χ3n) is 3.66. The van der Waals surface area contributed by atoms with E-state index in [-0.39, 0.29) is 5.91 Å². The van der Waals surface area contributed by atoms with Gasteiger partial charge in [0.2, 0.25) is 0 Å². The van der Waals surface area contributed by atoms with Gasteiger partial charge in [0.15, 0.2) is 6.10 Å². The van der Waals surface area contributed by atoms with Gasteiger partial charge in [0.05, 0.1) is 19.8 Å². The number of halogens is 2. The first-order valence-electron chi connectivity index (χ1n) is 6.60. The van der Waals surface area contributed by atoms with Crippen molar-refractivity contribution in [2.24, 2.45) is 0 Å². The predicted molar refractivity (Wildman–Crippen MR) is 76.1 cm³/mol. The van der Waals surface area contributed by atoms with E-state index in [1.54, 1.807) is 11.0 Å². The van der Waals surface area contributed by atoms with E-state index in [0.717, 1.165) is 17.5 Å². The third kappa shape index (κ3) is 2.79. The van der Waals surface area contributed by atoms with Crippen molar-refractivity contribution in [2.75, 3.05) is 26.4 Å². The lowest BCUT2D eigenvalue weighted by Crippen LogP contribution is -2.47. The fourth-order valence-corrected chi connectivity index (χ4v) is 3.20. The molecule has 0 aliphatic carbocycles. The number of fused-ring (bicyclic) bond motifs is 1. The maximum Gasteiger partial charge on any atom is 0.254 e. The maximum atomic E-state index is 12.4. The number of hydrogen-bond acceptors (Lipinski definition) is 3. The Bertz CT molecular complexity index is 529. The van der Waals surface area contributed by atoms with E-state index < -0.39 is 6.10 Å². The summed E-state index contributed by atoms with van der Waals surface area (Å²) in [6.07, 6.45) is 0.269. The highest BCUT2D eigenvalue weighted by molar-refractivity contribution is 6.35. The fourth-order valence-electron chi connectivity index (χ4n) is 2.60. The van der Waals surface area contributed by atoms with Crippen LogP contribution >= 0.6 is 23.2 Å². The zero-order valence-electron chi connectivity index (χ0n) is 10.9. The van der Waals surface area contributed by atoms with Gasteiger partial charge in [-0.25, -0.2) is 0 Å². The molecular weight excluding hydrogens is 301 g/mol. The highest BCUT2D eigenvalue weighted by Crippen LogP contribution is 2.30. The molecule has 1 fully saturated rings. The summed E-state index contributed by atoms with van der Waals surface area (Å²) >= 11 is 12.2. The second-order valence-electron chi connectivity index (χ2n) is 4.97. The van der Waals surface area contributed by atoms with Crippen LogP contribution in [0.15, 0.2) is 12.1 Å². The van der Waals surface area contributed by atoms with Crippen molar-refractivity contribution >= 4 is 29.1 Å². The average Bonchev–Trinajstić information content (AvgIpc) is 2.47. The van der Waals surface area contributed by atoms with Crippen molar-refractivity contribution in [3.63, 3.8) is 0 Å². The zero-order chi connectivity index (χ0) is 14.1. The quantitative estimate of drug-likeness (QED) is 0.798. The second kappa shape index (κ2) is 5.90. The van der Waals surface area contributed by atoms with Crippen LogP contribution in [-0.4, -0.2) is 43.3 Å². The summed E-state index contributed by atoms with van der Waals surface area (Å²) in [6, 6.07) is 3.64. The number of carbonyl (C=O) groups excluding carboxylic acids is 1. The number of amides is 1. The Kier molecular flexibility index (Phi) is 4.17. The Hall–Kier alpha value is -0.810. The number of rotatable bonds is 1. The van der Waals surface area contributed by atoms with Gasteiger partial charge in [-0.15, -0.1) is 0 Å². The predicted octanol–water partition coefficient (Wildman–Crippen LogP) is 2.29. The van der Waals surface area contributed by atoms with Crippen molar-refractivity contribution in [1.82, 2.24) is 4.90 Å². The van der Waals surface area contributed by atoms with Crippen LogP contribution in [0.1, 0.15) is 11.1 Å². The van der Waals surface area contributed by atoms with Crippen LogP contribution in [0.25, 0.3) is 0 Å². The molecule has 0 radical (unpaired) electrons. The zero-order valence-corrected chi connectivity index (χ0v) is 12.4. The van der Waals surface area contributed by atoms with Gasteiger partial charge in [0, 0.05) is 23.1 Å². The van der Waals surface area contributed by atoms with Gasteiger partial charge < -0.3 is 14.4 Å². The van der Waals surface area contributed by atoms with Crippen LogP contribution < -0.4 is 0 Å². The van der Waals surface area contributed by atoms with E-state index in [1.165, 1.54) is 0 Å². The second-order valence-corrected chi connectivity index (χ2v) is 5.81. The standard InChI is InChI=1S/C14H15Cl2NO3/c15-10-5-9-1-2-17(7-11(9)12(16)6-10)14(18)13-8-19-3-4-20-13/h5-6,13H,1-4,7-8H2. The SMILES string of the molecule is O=C(C1COCCO1)N1CCc2cc(Cl)cc(Cl)c2C1. The van der Waals surface area contributed by atoms with E-state index in [0.29, 0.717) is 43.0 Å². The molecule has 1 saturated heterocycles. The largest absolute Gasteiger partial charge is 0.376 e. The number of benzene rings is 1. The number of nitrogens with zero attached hydrogens (tertiary/aromatic N) is 1. The van der Waals surface area contributed by atoms with Gasteiger partial charge in [-0.1, -0.05) is 23.2 Å². The lowest BCUT2D eigenvalue weighted by Gasteiger charge is -2.33. The molecule has 0 bridgehead atoms. The van der Waals surface area contributed by atoms with Crippen molar-refractivity contribution in [3.05, 3.63) is 33.3 Å². The van der Waals surface area contributed by atoms with Gasteiger partial charge >= 0.3 is 0 Å². The van der Waals surface area contributed by atoms with E-state index in [4.69, 9.17) is 32.7 Å². The van der Waals surface area contributed by atoms with Crippen molar-refractivity contribution < 1.29 is 14.3 Å². The van der Waals surface area contributed by atoms with Crippen LogP contribution in [0.2, 0.25) is 10.0 Å². The summed E-state index contributed by atoms with van der Waals surface area (Å²) in [7, 11) is 0. The van der Waals surface area contributed by atoms with Crippen molar-refractivity contribution in [2.45, 2.75) is 19.1 Å². The maximum absolute atomic E-state index is 12.4. The smallest absolute Gasteiger partial charge is 0.254 e. The molecule has 2 aliphatic rings. The van der Waals surface area contributed by atoms with Gasteiger partial charge in [0.25, 0.3) is 5.91 Å². The first-order chi connectivity index (χ1) is 9.65. The summed E-state index contributed by atoms with van der Waals surface area (Å²) in [5.74, 6) is -0.0265. The van der Waals surface area contributed by atoms with Gasteiger partial charge in [-0.05, 0) is 29.7 Å². The molecule has 6 heteroatoms. The number of ether oxygens (including phenoxy) is 2. The molecule has 1 atom stereocenters. The Labute approximate surface area is 127 Å². The monoisotopic (exact) mass is 315 g/mol. The number of carbonyl (C=O) groups is 1. The first-order valence-corrected chi connectivity index (χ1v) is 7.35. The van der Waals surface area contributed by atoms with Crippen LogP contribution in [0, 0.1) is 0 Å². The molecule has 1 aromatic rings. The Morgan fingerprint density at radius 3 is 2.90 bits per heavy atom. The molecule has 0 aromatic heterocycles. The van der Waals surface area contributed by atoms with Crippen LogP contribution in [0.5, 0.6) is 0 Å². The van der Waals surface area contributed by atoms with E-state index in [1.807, 2.05) is 6.07 Å². The Morgan fingerprint density at radius 2 is 2.15 bits per heavy atom. The fraction of sp³-hybridized carbons (Fsp3) is 0.500. The van der Waals surface area contributed by atoms with Crippen LogP contribution in [0.3, 0.4) is 0 Å². The highest BCUT2D eigenvalue weighted by atomic mass is 35.5. The van der Waals surface area contributed by atoms with Crippen LogP contribution in [-0.2, 0) is 27.2 Å². The highest BCUT2D eigenvalue weighted by Gasteiger charge is 2.30. The molecule has 108 valence electrons. The molecule has 2 heterocycles. The molecule has 1 aromatic carbocycles. The van der Waals surface area contributed by atoms with E-state index in [2.05, 4.69) is 0 Å². The normalized spacial score (nSPS) is 22.5. The molecule has 4 nitrogen and oxygen atoms in total. The molecule has 0 N–H and O–H groups in total. The summed E-state index contributed by atoms with van der Waals surface area (Å²) in [5.41, 5.74) is 2.10. The third-order valence-corrected chi connectivity index (χ3v) is 4.21. The lowest BCUT2D eigenvalue weighted by molar-refractivity contribution is -0.158. The number of hydrogen-bond donors (Lipinski definition) is 0. The van der Waals surface area contributed by atoms with Crippen molar-refractivity contribution in [3.8, 4) is 0 Å².